The van der Waals surface area contributed by atoms with Gasteiger partial charge in [0, 0.05) is 4.43 Å². The summed E-state index contributed by atoms with van der Waals surface area (Å²) >= 11 is 1.88. The minimum Gasteiger partial charge on any atom is -0.394 e. The molecule has 4 nitrogen and oxygen atoms in total. The zero-order chi connectivity index (χ0) is 8.15. The second kappa shape index (κ2) is 5.25. The lowest BCUT2D eigenvalue weighted by Crippen LogP contribution is -2.40. The molecular weight excluding hydrogens is 251 g/mol. The van der Waals surface area contributed by atoms with Gasteiger partial charge in [0.2, 0.25) is 0 Å². The summed E-state index contributed by atoms with van der Waals surface area (Å²) in [6.07, 6.45) is -3.46. The quantitative estimate of drug-likeness (QED) is 0.367. The monoisotopic (exact) mass is 262 g/mol. The molecule has 0 aliphatic heterocycles. The van der Waals surface area contributed by atoms with Gasteiger partial charge in [0.05, 0.1) is 12.7 Å². The molecule has 0 aromatic heterocycles. The van der Waals surface area contributed by atoms with Crippen molar-refractivity contribution in [2.24, 2.45) is 0 Å². The zero-order valence-corrected chi connectivity index (χ0v) is 7.47. The van der Waals surface area contributed by atoms with Crippen molar-refractivity contribution in [3.05, 3.63) is 0 Å². The van der Waals surface area contributed by atoms with Crippen molar-refractivity contribution >= 4 is 22.6 Å². The number of alkyl halides is 1. The van der Waals surface area contributed by atoms with Crippen LogP contribution >= 0.6 is 22.6 Å². The van der Waals surface area contributed by atoms with Crippen molar-refractivity contribution in [2.45, 2.75) is 18.3 Å². The fourth-order valence-corrected chi connectivity index (χ4v) is 0.977. The first-order chi connectivity index (χ1) is 4.63. The Balaban J connectivity index is 3.69. The molecule has 0 saturated heterocycles. The highest BCUT2D eigenvalue weighted by Crippen LogP contribution is 2.02. The van der Waals surface area contributed by atoms with Crippen LogP contribution in [0.4, 0.5) is 0 Å². The Bertz CT molecular complexity index is 79.7. The summed E-state index contributed by atoms with van der Waals surface area (Å²) in [5.41, 5.74) is 0. The average molecular weight is 262 g/mol. The number of rotatable bonds is 4. The van der Waals surface area contributed by atoms with Gasteiger partial charge in [-0.05, 0) is 0 Å². The molecule has 10 heavy (non-hydrogen) atoms. The largest absolute Gasteiger partial charge is 0.394 e. The van der Waals surface area contributed by atoms with Gasteiger partial charge >= 0.3 is 0 Å². The molecule has 62 valence electrons. The lowest BCUT2D eigenvalue weighted by molar-refractivity contribution is -0.0675. The summed E-state index contributed by atoms with van der Waals surface area (Å²) in [6.45, 7) is -0.533. The maximum atomic E-state index is 8.92. The van der Waals surface area contributed by atoms with E-state index in [0.717, 1.165) is 0 Å². The van der Waals surface area contributed by atoms with Crippen LogP contribution < -0.4 is 0 Å². The van der Waals surface area contributed by atoms with Crippen molar-refractivity contribution in [1.82, 2.24) is 0 Å². The van der Waals surface area contributed by atoms with Crippen LogP contribution in [0.25, 0.3) is 0 Å². The normalized spacial score (nSPS) is 20.1. The van der Waals surface area contributed by atoms with Crippen molar-refractivity contribution in [1.29, 1.82) is 0 Å². The molecule has 0 aliphatic rings. The molecule has 5 heteroatoms. The highest BCUT2D eigenvalue weighted by molar-refractivity contribution is 14.1. The van der Waals surface area contributed by atoms with Crippen LogP contribution in [0.1, 0.15) is 0 Å². The van der Waals surface area contributed by atoms with Gasteiger partial charge in [-0.3, -0.25) is 0 Å². The second-order valence-electron chi connectivity index (χ2n) is 1.96. The highest BCUT2D eigenvalue weighted by Gasteiger charge is 2.22. The van der Waals surface area contributed by atoms with E-state index in [-0.39, 0.29) is 0 Å². The van der Waals surface area contributed by atoms with E-state index >= 15 is 0 Å². The standard InChI is InChI=1S/C5H11IO4/c6-1-3(8)5(10)4(9)2-7/h3-5,7-10H,1-2H2/t3-,4+,5+/m1/s1. The fraction of sp³-hybridized carbons (Fsp3) is 1.00. The van der Waals surface area contributed by atoms with E-state index in [1.165, 1.54) is 0 Å². The van der Waals surface area contributed by atoms with Crippen molar-refractivity contribution < 1.29 is 20.4 Å². The summed E-state index contributed by atoms with van der Waals surface area (Å²) < 4.78 is 0.329. The summed E-state index contributed by atoms with van der Waals surface area (Å²) in [7, 11) is 0. The second-order valence-corrected chi connectivity index (χ2v) is 2.84. The molecule has 0 spiro atoms. The van der Waals surface area contributed by atoms with E-state index in [1.54, 1.807) is 0 Å². The third kappa shape index (κ3) is 3.11. The molecule has 0 aliphatic carbocycles. The van der Waals surface area contributed by atoms with E-state index in [0.29, 0.717) is 4.43 Å². The van der Waals surface area contributed by atoms with Crippen LogP contribution in [0, 0.1) is 0 Å². The maximum Gasteiger partial charge on any atom is 0.109 e. The Morgan fingerprint density at radius 2 is 1.60 bits per heavy atom. The topological polar surface area (TPSA) is 80.9 Å². The molecule has 0 unspecified atom stereocenters. The Kier molecular flexibility index (Phi) is 5.55. The fourth-order valence-electron chi connectivity index (χ4n) is 0.456. The van der Waals surface area contributed by atoms with Crippen molar-refractivity contribution in [3.8, 4) is 0 Å². The molecule has 0 radical (unpaired) electrons. The van der Waals surface area contributed by atoms with Gasteiger partial charge in [-0.2, -0.15) is 0 Å². The predicted molar refractivity (Wildman–Crippen MR) is 44.0 cm³/mol. The SMILES string of the molecule is OC[C@H](O)[C@@H](O)[C@H](O)CI. The third-order valence-electron chi connectivity index (χ3n) is 1.13. The Hall–Kier alpha value is 0.570. The van der Waals surface area contributed by atoms with E-state index < -0.39 is 24.9 Å². The molecule has 0 bridgehead atoms. The van der Waals surface area contributed by atoms with Crippen molar-refractivity contribution in [3.63, 3.8) is 0 Å². The summed E-state index contributed by atoms with van der Waals surface area (Å²) in [5.74, 6) is 0. The van der Waals surface area contributed by atoms with Crippen LogP contribution in [-0.4, -0.2) is 49.8 Å². The number of aliphatic hydroxyl groups excluding tert-OH is 4. The molecule has 0 heterocycles. The lowest BCUT2D eigenvalue weighted by atomic mass is 10.1. The lowest BCUT2D eigenvalue weighted by Gasteiger charge is -2.19. The highest BCUT2D eigenvalue weighted by atomic mass is 127. The molecule has 3 atom stereocenters. The van der Waals surface area contributed by atoms with E-state index in [2.05, 4.69) is 0 Å². The van der Waals surface area contributed by atoms with Crippen LogP contribution in [0.15, 0.2) is 0 Å². The number of halogens is 1. The van der Waals surface area contributed by atoms with Gasteiger partial charge in [0.25, 0.3) is 0 Å². The molecule has 0 aromatic rings. The van der Waals surface area contributed by atoms with Gasteiger partial charge in [0.1, 0.15) is 12.2 Å². The number of aliphatic hydroxyl groups is 4. The molecule has 0 rings (SSSR count). The molecule has 0 fully saturated rings. The number of hydrogen-bond donors (Lipinski definition) is 4. The van der Waals surface area contributed by atoms with Crippen LogP contribution in [0.2, 0.25) is 0 Å². The van der Waals surface area contributed by atoms with E-state index in [4.69, 9.17) is 20.4 Å². The van der Waals surface area contributed by atoms with Crippen molar-refractivity contribution in [2.75, 3.05) is 11.0 Å². The van der Waals surface area contributed by atoms with Gasteiger partial charge in [-0.25, -0.2) is 0 Å². The molecule has 0 amide bonds. The van der Waals surface area contributed by atoms with Gasteiger partial charge in [0.15, 0.2) is 0 Å². The van der Waals surface area contributed by atoms with Crippen LogP contribution in [-0.2, 0) is 0 Å². The number of hydrogen-bond acceptors (Lipinski definition) is 4. The minimum absolute atomic E-state index is 0.329. The van der Waals surface area contributed by atoms with Gasteiger partial charge < -0.3 is 20.4 Å². The Morgan fingerprint density at radius 1 is 1.10 bits per heavy atom. The molecule has 0 saturated carbocycles. The molecule has 4 N–H and O–H groups in total. The van der Waals surface area contributed by atoms with Gasteiger partial charge in [-0.1, -0.05) is 22.6 Å². The maximum absolute atomic E-state index is 8.92. The predicted octanol–water partition coefficient (Wildman–Crippen LogP) is -1.50. The molecule has 0 aromatic carbocycles. The summed E-state index contributed by atoms with van der Waals surface area (Å²) in [5, 5.41) is 34.9. The smallest absolute Gasteiger partial charge is 0.109 e. The van der Waals surface area contributed by atoms with E-state index in [9.17, 15) is 0 Å². The van der Waals surface area contributed by atoms with Gasteiger partial charge in [-0.15, -0.1) is 0 Å². The minimum atomic E-state index is -1.25. The first-order valence-electron chi connectivity index (χ1n) is 2.84. The summed E-state index contributed by atoms with van der Waals surface area (Å²) in [4.78, 5) is 0. The Morgan fingerprint density at radius 3 is 1.90 bits per heavy atom. The third-order valence-corrected chi connectivity index (χ3v) is 2.04. The van der Waals surface area contributed by atoms with Crippen LogP contribution in [0.3, 0.4) is 0 Å². The van der Waals surface area contributed by atoms with Crippen LogP contribution in [0.5, 0.6) is 0 Å². The summed E-state index contributed by atoms with van der Waals surface area (Å²) in [6, 6.07) is 0. The Labute approximate surface area is 72.6 Å². The molecular formula is C5H11IO4. The average Bonchev–Trinajstić information content (AvgIpc) is 2.00. The first kappa shape index (κ1) is 10.6. The van der Waals surface area contributed by atoms with E-state index in [1.807, 2.05) is 22.6 Å². The first-order valence-corrected chi connectivity index (χ1v) is 4.37. The zero-order valence-electron chi connectivity index (χ0n) is 5.31.